The highest BCUT2D eigenvalue weighted by atomic mass is 14.3. The minimum atomic E-state index is 0.627. The predicted molar refractivity (Wildman–Crippen MR) is 98.8 cm³/mol. The van der Waals surface area contributed by atoms with Crippen LogP contribution in [-0.2, 0) is 0 Å². The average Bonchev–Trinajstić information content (AvgIpc) is 2.85. The smallest absolute Gasteiger partial charge is 0.00981 e. The van der Waals surface area contributed by atoms with Crippen LogP contribution >= 0.6 is 0 Å². The Morgan fingerprint density at radius 2 is 1.62 bits per heavy atom. The fraction of sp³-hybridized carbons (Fsp3) is 0.524. The second-order valence-electron chi connectivity index (χ2n) is 4.72. The largest absolute Gasteiger partial charge is 0.0874 e. The molecule has 0 fully saturated rings. The van der Waals surface area contributed by atoms with Gasteiger partial charge in [-0.05, 0) is 42.0 Å². The molecule has 1 aromatic carbocycles. The van der Waals surface area contributed by atoms with Gasteiger partial charge in [-0.1, -0.05) is 84.4 Å². The monoisotopic (exact) mass is 286 g/mol. The molecule has 118 valence electrons. The molecule has 0 amide bonds. The average molecular weight is 287 g/mol. The molecular formula is C21H34. The summed E-state index contributed by atoms with van der Waals surface area (Å²) in [6.07, 6.45) is 8.15. The van der Waals surface area contributed by atoms with Gasteiger partial charge in [0.1, 0.15) is 0 Å². The highest BCUT2D eigenvalue weighted by Crippen LogP contribution is 2.45. The van der Waals surface area contributed by atoms with Crippen molar-refractivity contribution in [3.8, 4) is 0 Å². The van der Waals surface area contributed by atoms with Gasteiger partial charge >= 0.3 is 0 Å². The van der Waals surface area contributed by atoms with Crippen molar-refractivity contribution in [3.63, 3.8) is 0 Å². The van der Waals surface area contributed by atoms with Crippen LogP contribution in [0.2, 0.25) is 0 Å². The molecule has 0 heterocycles. The van der Waals surface area contributed by atoms with Gasteiger partial charge in [0.15, 0.2) is 0 Å². The molecule has 1 aliphatic carbocycles. The van der Waals surface area contributed by atoms with Crippen LogP contribution in [0.3, 0.4) is 0 Å². The van der Waals surface area contributed by atoms with Gasteiger partial charge in [0, 0.05) is 5.92 Å². The Labute approximate surface area is 133 Å². The van der Waals surface area contributed by atoms with Crippen LogP contribution < -0.4 is 0 Å². The summed E-state index contributed by atoms with van der Waals surface area (Å²) in [5.41, 5.74) is 6.14. The molecule has 0 heteroatoms. The van der Waals surface area contributed by atoms with E-state index in [9.17, 15) is 0 Å². The molecule has 0 saturated carbocycles. The molecule has 0 aromatic heterocycles. The van der Waals surface area contributed by atoms with Gasteiger partial charge < -0.3 is 0 Å². The van der Waals surface area contributed by atoms with Crippen molar-refractivity contribution in [2.75, 3.05) is 0 Å². The fourth-order valence-corrected chi connectivity index (χ4v) is 3.00. The molecule has 0 bridgehead atoms. The van der Waals surface area contributed by atoms with Crippen LogP contribution in [0.25, 0.3) is 5.57 Å². The lowest BCUT2D eigenvalue weighted by molar-refractivity contribution is 0.707. The van der Waals surface area contributed by atoms with Gasteiger partial charge in [-0.3, -0.25) is 0 Å². The first-order valence-corrected chi connectivity index (χ1v) is 8.78. The predicted octanol–water partition coefficient (Wildman–Crippen LogP) is 7.38. The maximum absolute atomic E-state index is 2.32. The molecule has 21 heavy (non-hydrogen) atoms. The van der Waals surface area contributed by atoms with Crippen molar-refractivity contribution >= 4 is 5.57 Å². The van der Waals surface area contributed by atoms with Crippen LogP contribution in [0.5, 0.6) is 0 Å². The first-order valence-electron chi connectivity index (χ1n) is 8.78. The maximum atomic E-state index is 2.32. The Morgan fingerprint density at radius 3 is 2.14 bits per heavy atom. The number of fused-ring (bicyclic) bond motifs is 1. The van der Waals surface area contributed by atoms with Crippen molar-refractivity contribution in [1.29, 1.82) is 0 Å². The van der Waals surface area contributed by atoms with Gasteiger partial charge in [-0.25, -0.2) is 0 Å². The molecule has 0 spiro atoms. The van der Waals surface area contributed by atoms with Gasteiger partial charge in [0.25, 0.3) is 0 Å². The van der Waals surface area contributed by atoms with E-state index >= 15 is 0 Å². The summed E-state index contributed by atoms with van der Waals surface area (Å²) in [6, 6.07) is 8.93. The third kappa shape index (κ3) is 4.59. The summed E-state index contributed by atoms with van der Waals surface area (Å²) in [5, 5.41) is 0. The van der Waals surface area contributed by atoms with Crippen molar-refractivity contribution in [1.82, 2.24) is 0 Å². The molecule has 2 rings (SSSR count). The molecule has 1 atom stereocenters. The molecule has 0 nitrogen and oxygen atoms in total. The molecular weight excluding hydrogens is 252 g/mol. The third-order valence-corrected chi connectivity index (χ3v) is 3.66. The summed E-state index contributed by atoms with van der Waals surface area (Å²) < 4.78 is 0. The number of allylic oxidation sites excluding steroid dienone is 4. The number of hydrogen-bond acceptors (Lipinski definition) is 0. The lowest BCUT2D eigenvalue weighted by Gasteiger charge is -2.13. The zero-order chi connectivity index (χ0) is 16.3. The molecule has 0 aliphatic heterocycles. The van der Waals surface area contributed by atoms with E-state index in [-0.39, 0.29) is 0 Å². The van der Waals surface area contributed by atoms with Gasteiger partial charge in [0.2, 0.25) is 0 Å². The quantitative estimate of drug-likeness (QED) is 0.541. The summed E-state index contributed by atoms with van der Waals surface area (Å²) in [4.78, 5) is 0. The fourth-order valence-electron chi connectivity index (χ4n) is 3.00. The van der Waals surface area contributed by atoms with Crippen LogP contribution in [0, 0.1) is 0 Å². The lowest BCUT2D eigenvalue weighted by atomic mass is 9.91. The van der Waals surface area contributed by atoms with Gasteiger partial charge in [-0.15, -0.1) is 0 Å². The zero-order valence-corrected chi connectivity index (χ0v) is 15.2. The minimum absolute atomic E-state index is 0.627. The Balaban J connectivity index is 0.000000921. The highest BCUT2D eigenvalue weighted by molar-refractivity contribution is 5.80. The SMILES string of the molecule is C/C=C\C1=C(CC)c2ccccc2C1CCC.CC.CC. The van der Waals surface area contributed by atoms with Crippen molar-refractivity contribution < 1.29 is 0 Å². The standard InChI is InChI=1S/C17H22.2C2H6/c1-4-9-14-13(6-3)16-11-7-8-12-17(16)15(14)10-5-2;2*1-2/h4,7-9,11-12,15H,5-6,10H2,1-3H3;2*1-2H3/b9-4-;;. The van der Waals surface area contributed by atoms with Crippen molar-refractivity contribution in [2.24, 2.45) is 0 Å². The summed E-state index contributed by atoms with van der Waals surface area (Å²) in [7, 11) is 0. The van der Waals surface area contributed by atoms with Crippen LogP contribution in [0.15, 0.2) is 42.0 Å². The van der Waals surface area contributed by atoms with E-state index in [2.05, 4.69) is 57.2 Å². The van der Waals surface area contributed by atoms with E-state index in [1.165, 1.54) is 18.4 Å². The number of benzene rings is 1. The highest BCUT2D eigenvalue weighted by Gasteiger charge is 2.27. The molecule has 0 saturated heterocycles. The number of rotatable bonds is 4. The Kier molecular flexibility index (Phi) is 10.7. The van der Waals surface area contributed by atoms with E-state index in [0.29, 0.717) is 5.92 Å². The topological polar surface area (TPSA) is 0 Å². The third-order valence-electron chi connectivity index (χ3n) is 3.66. The minimum Gasteiger partial charge on any atom is -0.0874 e. The Bertz CT molecular complexity index is 449. The summed E-state index contributed by atoms with van der Waals surface area (Å²) in [6.45, 7) is 14.7. The molecule has 1 aliphatic rings. The maximum Gasteiger partial charge on any atom is 0.00981 e. The van der Waals surface area contributed by atoms with Crippen LogP contribution in [0.1, 0.15) is 84.8 Å². The summed E-state index contributed by atoms with van der Waals surface area (Å²) >= 11 is 0. The van der Waals surface area contributed by atoms with E-state index in [4.69, 9.17) is 0 Å². The molecule has 0 N–H and O–H groups in total. The van der Waals surface area contributed by atoms with E-state index in [0.717, 1.165) is 6.42 Å². The molecule has 0 radical (unpaired) electrons. The van der Waals surface area contributed by atoms with Crippen molar-refractivity contribution in [3.05, 3.63) is 53.1 Å². The second kappa shape index (κ2) is 11.4. The Hall–Kier alpha value is -1.30. The normalized spacial score (nSPS) is 16.0. The van der Waals surface area contributed by atoms with Crippen LogP contribution in [0.4, 0.5) is 0 Å². The number of hydrogen-bond donors (Lipinski definition) is 0. The van der Waals surface area contributed by atoms with E-state index in [1.807, 2.05) is 27.7 Å². The second-order valence-corrected chi connectivity index (χ2v) is 4.72. The van der Waals surface area contributed by atoms with E-state index < -0.39 is 0 Å². The zero-order valence-electron chi connectivity index (χ0n) is 15.2. The molecule has 1 aromatic rings. The molecule has 1 unspecified atom stereocenters. The van der Waals surface area contributed by atoms with E-state index in [1.54, 1.807) is 16.7 Å². The Morgan fingerprint density at radius 1 is 1.00 bits per heavy atom. The lowest BCUT2D eigenvalue weighted by Crippen LogP contribution is -1.96. The summed E-state index contributed by atoms with van der Waals surface area (Å²) in [5.74, 6) is 0.627. The van der Waals surface area contributed by atoms with Gasteiger partial charge in [-0.2, -0.15) is 0 Å². The van der Waals surface area contributed by atoms with Crippen molar-refractivity contribution in [2.45, 2.75) is 73.6 Å². The van der Waals surface area contributed by atoms with Crippen LogP contribution in [-0.4, -0.2) is 0 Å². The van der Waals surface area contributed by atoms with Gasteiger partial charge in [0.05, 0.1) is 0 Å². The first-order chi connectivity index (χ1) is 10.3. The first kappa shape index (κ1) is 19.7.